The smallest absolute Gasteiger partial charge is 0.234 e. The fourth-order valence-electron chi connectivity index (χ4n) is 1.71. The van der Waals surface area contributed by atoms with Gasteiger partial charge in [-0.3, -0.25) is 4.79 Å². The summed E-state index contributed by atoms with van der Waals surface area (Å²) in [4.78, 5) is 12.4. The van der Waals surface area contributed by atoms with E-state index in [1.807, 2.05) is 39.0 Å². The second kappa shape index (κ2) is 6.47. The van der Waals surface area contributed by atoms with E-state index in [4.69, 9.17) is 18.0 Å². The van der Waals surface area contributed by atoms with Gasteiger partial charge in [-0.05, 0) is 53.1 Å². The number of rotatable bonds is 4. The van der Waals surface area contributed by atoms with Gasteiger partial charge in [-0.25, -0.2) is 0 Å². The van der Waals surface area contributed by atoms with Crippen LogP contribution in [0.15, 0.2) is 18.2 Å². The van der Waals surface area contributed by atoms with E-state index in [0.29, 0.717) is 0 Å². The Hall–Kier alpha value is -0.690. The zero-order valence-electron chi connectivity index (χ0n) is 10.7. The first-order valence-electron chi connectivity index (χ1n) is 5.70. The minimum Gasteiger partial charge on any atom is -0.393 e. The molecule has 0 saturated carbocycles. The predicted octanol–water partition coefficient (Wildman–Crippen LogP) is 3.10. The summed E-state index contributed by atoms with van der Waals surface area (Å²) in [5, 5.41) is 2.90. The van der Waals surface area contributed by atoms with Gasteiger partial charge < -0.3 is 11.1 Å². The lowest BCUT2D eigenvalue weighted by molar-refractivity contribution is -0.118. The molecule has 0 bridgehead atoms. The Kier molecular flexibility index (Phi) is 5.52. The molecule has 3 N–H and O–H groups in total. The zero-order valence-corrected chi connectivity index (χ0v) is 13.6. The Bertz CT molecular complexity index is 474. The molecule has 0 spiro atoms. The van der Waals surface area contributed by atoms with Crippen LogP contribution in [-0.4, -0.2) is 10.9 Å². The molecular formula is C13H17IN2OS. The van der Waals surface area contributed by atoms with Gasteiger partial charge in [0.25, 0.3) is 0 Å². The van der Waals surface area contributed by atoms with Crippen LogP contribution in [0.5, 0.6) is 0 Å². The summed E-state index contributed by atoms with van der Waals surface area (Å²) in [6, 6.07) is 5.79. The van der Waals surface area contributed by atoms with E-state index < -0.39 is 5.92 Å². The van der Waals surface area contributed by atoms with Crippen LogP contribution in [0.3, 0.4) is 0 Å². The third kappa shape index (κ3) is 3.65. The second-order valence-electron chi connectivity index (χ2n) is 4.53. The average molecular weight is 376 g/mol. The van der Waals surface area contributed by atoms with Crippen molar-refractivity contribution >= 4 is 51.4 Å². The largest absolute Gasteiger partial charge is 0.393 e. The zero-order chi connectivity index (χ0) is 13.9. The third-order valence-electron chi connectivity index (χ3n) is 2.78. The molecule has 0 aliphatic heterocycles. The molecule has 0 aliphatic rings. The maximum atomic E-state index is 12.2. The number of carbonyl (C=O) groups is 1. The summed E-state index contributed by atoms with van der Waals surface area (Å²) in [5.74, 6) is -0.481. The van der Waals surface area contributed by atoms with E-state index in [9.17, 15) is 4.79 Å². The molecule has 0 saturated heterocycles. The summed E-state index contributed by atoms with van der Waals surface area (Å²) < 4.78 is 1.11. The molecule has 0 heterocycles. The van der Waals surface area contributed by atoms with Crippen LogP contribution in [0, 0.1) is 22.3 Å². The molecular weight excluding hydrogens is 359 g/mol. The van der Waals surface area contributed by atoms with Crippen molar-refractivity contribution in [3.05, 3.63) is 27.3 Å². The van der Waals surface area contributed by atoms with Crippen LogP contribution in [0.2, 0.25) is 0 Å². The molecule has 0 radical (unpaired) electrons. The lowest BCUT2D eigenvalue weighted by atomic mass is 9.95. The first-order valence-corrected chi connectivity index (χ1v) is 7.18. The van der Waals surface area contributed by atoms with Gasteiger partial charge in [-0.1, -0.05) is 32.1 Å². The molecule has 0 fully saturated rings. The molecule has 1 amide bonds. The van der Waals surface area contributed by atoms with Crippen LogP contribution < -0.4 is 11.1 Å². The first-order chi connectivity index (χ1) is 8.34. The quantitative estimate of drug-likeness (QED) is 0.627. The molecule has 5 heteroatoms. The lowest BCUT2D eigenvalue weighted by Crippen LogP contribution is -2.36. The fraction of sp³-hybridized carbons (Fsp3) is 0.385. The van der Waals surface area contributed by atoms with E-state index in [2.05, 4.69) is 27.9 Å². The molecule has 98 valence electrons. The van der Waals surface area contributed by atoms with Crippen LogP contribution in [0.1, 0.15) is 19.4 Å². The van der Waals surface area contributed by atoms with Crippen molar-refractivity contribution in [1.82, 2.24) is 0 Å². The van der Waals surface area contributed by atoms with Gasteiger partial charge in [0.2, 0.25) is 5.91 Å². The number of thiocarbonyl (C=S) groups is 1. The topological polar surface area (TPSA) is 55.1 Å². The molecule has 1 rings (SSSR count). The Morgan fingerprint density at radius 2 is 2.06 bits per heavy atom. The monoisotopic (exact) mass is 376 g/mol. The van der Waals surface area contributed by atoms with Crippen molar-refractivity contribution in [2.24, 2.45) is 17.6 Å². The summed E-state index contributed by atoms with van der Waals surface area (Å²) in [5.41, 5.74) is 7.50. The lowest BCUT2D eigenvalue weighted by Gasteiger charge is -2.19. The number of halogens is 1. The predicted molar refractivity (Wildman–Crippen MR) is 87.6 cm³/mol. The van der Waals surface area contributed by atoms with E-state index in [-0.39, 0.29) is 16.8 Å². The first kappa shape index (κ1) is 15.4. The number of benzene rings is 1. The molecule has 1 unspecified atom stereocenters. The number of amides is 1. The van der Waals surface area contributed by atoms with Gasteiger partial charge in [-0.2, -0.15) is 0 Å². The SMILES string of the molecule is Cc1c(I)cccc1NC(=O)C(C(N)=S)C(C)C. The van der Waals surface area contributed by atoms with Crippen molar-refractivity contribution < 1.29 is 4.79 Å². The Morgan fingerprint density at radius 3 is 2.56 bits per heavy atom. The summed E-state index contributed by atoms with van der Waals surface area (Å²) in [6.45, 7) is 5.85. The molecule has 0 aliphatic carbocycles. The Morgan fingerprint density at radius 1 is 1.44 bits per heavy atom. The number of carbonyl (C=O) groups excluding carboxylic acids is 1. The van der Waals surface area contributed by atoms with E-state index >= 15 is 0 Å². The number of anilines is 1. The van der Waals surface area contributed by atoms with Crippen LogP contribution in [0.4, 0.5) is 5.69 Å². The van der Waals surface area contributed by atoms with Crippen molar-refractivity contribution in [1.29, 1.82) is 0 Å². The Balaban J connectivity index is 2.93. The maximum Gasteiger partial charge on any atom is 0.234 e. The summed E-state index contributed by atoms with van der Waals surface area (Å²) >= 11 is 7.20. The summed E-state index contributed by atoms with van der Waals surface area (Å²) in [6.07, 6.45) is 0. The van der Waals surface area contributed by atoms with E-state index in [1.54, 1.807) is 0 Å². The van der Waals surface area contributed by atoms with Crippen molar-refractivity contribution in [2.75, 3.05) is 5.32 Å². The highest BCUT2D eigenvalue weighted by atomic mass is 127. The average Bonchev–Trinajstić information content (AvgIpc) is 2.23. The number of hydrogen-bond donors (Lipinski definition) is 2. The molecule has 0 aromatic heterocycles. The Labute approximate surface area is 127 Å². The van der Waals surface area contributed by atoms with Crippen LogP contribution >= 0.6 is 34.8 Å². The van der Waals surface area contributed by atoms with Gasteiger partial charge in [0.1, 0.15) is 0 Å². The highest BCUT2D eigenvalue weighted by Crippen LogP contribution is 2.22. The van der Waals surface area contributed by atoms with Gasteiger partial charge in [0.05, 0.1) is 10.9 Å². The maximum absolute atomic E-state index is 12.2. The number of hydrogen-bond acceptors (Lipinski definition) is 2. The van der Waals surface area contributed by atoms with Gasteiger partial charge in [0.15, 0.2) is 0 Å². The molecule has 3 nitrogen and oxygen atoms in total. The normalized spacial score (nSPS) is 12.3. The molecule has 1 atom stereocenters. The second-order valence-corrected chi connectivity index (χ2v) is 6.16. The number of nitrogens with two attached hydrogens (primary N) is 1. The van der Waals surface area contributed by atoms with Gasteiger partial charge >= 0.3 is 0 Å². The highest BCUT2D eigenvalue weighted by molar-refractivity contribution is 14.1. The summed E-state index contributed by atoms with van der Waals surface area (Å²) in [7, 11) is 0. The standard InChI is InChI=1S/C13H17IN2OS/c1-7(2)11(12(15)18)13(17)16-10-6-4-5-9(14)8(10)3/h4-7,11H,1-3H3,(H2,15,18)(H,16,17). The molecule has 1 aromatic rings. The van der Waals surface area contributed by atoms with Crippen LogP contribution in [0.25, 0.3) is 0 Å². The van der Waals surface area contributed by atoms with Gasteiger partial charge in [0, 0.05) is 9.26 Å². The molecule has 18 heavy (non-hydrogen) atoms. The van der Waals surface area contributed by atoms with E-state index in [1.165, 1.54) is 0 Å². The van der Waals surface area contributed by atoms with Crippen LogP contribution in [-0.2, 0) is 4.79 Å². The van der Waals surface area contributed by atoms with Crippen molar-refractivity contribution in [3.63, 3.8) is 0 Å². The highest BCUT2D eigenvalue weighted by Gasteiger charge is 2.25. The fourth-order valence-corrected chi connectivity index (χ4v) is 2.59. The van der Waals surface area contributed by atoms with Crippen molar-refractivity contribution in [2.45, 2.75) is 20.8 Å². The molecule has 1 aromatic carbocycles. The van der Waals surface area contributed by atoms with Gasteiger partial charge in [-0.15, -0.1) is 0 Å². The van der Waals surface area contributed by atoms with E-state index in [0.717, 1.165) is 14.8 Å². The van der Waals surface area contributed by atoms with Crippen molar-refractivity contribution in [3.8, 4) is 0 Å². The minimum absolute atomic E-state index is 0.0885. The third-order valence-corrected chi connectivity index (χ3v) is 4.20. The minimum atomic E-state index is -0.433. The number of nitrogens with one attached hydrogen (secondary N) is 1.